The van der Waals surface area contributed by atoms with E-state index in [-0.39, 0.29) is 6.42 Å². The Bertz CT molecular complexity index is 1320. The first-order chi connectivity index (χ1) is 16.5. The van der Waals surface area contributed by atoms with Crippen molar-refractivity contribution < 1.29 is 9.90 Å². The van der Waals surface area contributed by atoms with E-state index in [1.807, 2.05) is 0 Å². The summed E-state index contributed by atoms with van der Waals surface area (Å²) in [6.45, 7) is 5.04. The van der Waals surface area contributed by atoms with Gasteiger partial charge in [0.1, 0.15) is 5.52 Å². The van der Waals surface area contributed by atoms with Gasteiger partial charge < -0.3 is 9.67 Å². The SMILES string of the molecule is Cc1ccc(-c2nc3cc(C4CC4)n(CCCCCC(=O)O)c3nc2-c2ccc(C)cc2)cc1. The molecular formula is C29H31N3O2. The fourth-order valence-corrected chi connectivity index (χ4v) is 4.58. The molecule has 0 saturated heterocycles. The summed E-state index contributed by atoms with van der Waals surface area (Å²) in [6.07, 6.45) is 5.22. The molecule has 1 fully saturated rings. The third kappa shape index (κ3) is 4.74. The van der Waals surface area contributed by atoms with Gasteiger partial charge in [0.15, 0.2) is 5.65 Å². The molecule has 0 unspecified atom stereocenters. The molecule has 1 N–H and O–H groups in total. The molecule has 5 rings (SSSR count). The molecule has 1 aliphatic rings. The van der Waals surface area contributed by atoms with Crippen molar-refractivity contribution in [1.82, 2.24) is 14.5 Å². The van der Waals surface area contributed by atoms with Gasteiger partial charge in [-0.2, -0.15) is 0 Å². The maximum Gasteiger partial charge on any atom is 0.303 e. The second kappa shape index (κ2) is 9.41. The van der Waals surface area contributed by atoms with Crippen LogP contribution >= 0.6 is 0 Å². The first-order valence-electron chi connectivity index (χ1n) is 12.3. The lowest BCUT2D eigenvalue weighted by molar-refractivity contribution is -0.137. The average molecular weight is 454 g/mol. The van der Waals surface area contributed by atoms with Crippen LogP contribution in [-0.4, -0.2) is 25.6 Å². The maximum absolute atomic E-state index is 10.9. The zero-order valence-electron chi connectivity index (χ0n) is 19.9. The van der Waals surface area contributed by atoms with E-state index in [2.05, 4.69) is 73.0 Å². The minimum absolute atomic E-state index is 0.235. The minimum Gasteiger partial charge on any atom is -0.481 e. The van der Waals surface area contributed by atoms with Crippen LogP contribution in [0.5, 0.6) is 0 Å². The number of rotatable bonds is 9. The van der Waals surface area contributed by atoms with Crippen LogP contribution in [0.25, 0.3) is 33.7 Å². The number of aliphatic carboxylic acids is 1. The number of hydrogen-bond donors (Lipinski definition) is 1. The molecule has 34 heavy (non-hydrogen) atoms. The van der Waals surface area contributed by atoms with Crippen LogP contribution in [0.2, 0.25) is 0 Å². The van der Waals surface area contributed by atoms with E-state index >= 15 is 0 Å². The number of carboxylic acid groups (broad SMARTS) is 1. The summed E-state index contributed by atoms with van der Waals surface area (Å²) in [7, 11) is 0. The van der Waals surface area contributed by atoms with E-state index in [4.69, 9.17) is 15.1 Å². The fourth-order valence-electron chi connectivity index (χ4n) is 4.58. The molecule has 5 heteroatoms. The van der Waals surface area contributed by atoms with Crippen LogP contribution < -0.4 is 0 Å². The third-order valence-electron chi connectivity index (χ3n) is 6.67. The molecule has 0 radical (unpaired) electrons. The average Bonchev–Trinajstić information content (AvgIpc) is 3.61. The molecule has 2 aromatic carbocycles. The van der Waals surface area contributed by atoms with E-state index in [9.17, 15) is 4.79 Å². The van der Waals surface area contributed by atoms with E-state index < -0.39 is 5.97 Å². The van der Waals surface area contributed by atoms with E-state index in [1.165, 1.54) is 29.7 Å². The van der Waals surface area contributed by atoms with Crippen molar-refractivity contribution in [2.24, 2.45) is 0 Å². The number of aryl methyl sites for hydroxylation is 3. The highest BCUT2D eigenvalue weighted by Crippen LogP contribution is 2.43. The van der Waals surface area contributed by atoms with Gasteiger partial charge >= 0.3 is 5.97 Å². The predicted molar refractivity (Wildman–Crippen MR) is 136 cm³/mol. The lowest BCUT2D eigenvalue weighted by atomic mass is 10.0. The molecule has 0 atom stereocenters. The van der Waals surface area contributed by atoms with Crippen LogP contribution in [0, 0.1) is 13.8 Å². The smallest absolute Gasteiger partial charge is 0.303 e. The first kappa shape index (κ1) is 22.3. The van der Waals surface area contributed by atoms with Gasteiger partial charge in [-0.1, -0.05) is 66.1 Å². The fraction of sp³-hybridized carbons (Fsp3) is 0.345. The Morgan fingerprint density at radius 3 is 2.03 bits per heavy atom. The molecule has 2 aromatic heterocycles. The van der Waals surface area contributed by atoms with Gasteiger partial charge in [0.2, 0.25) is 0 Å². The molecule has 4 aromatic rings. The molecule has 174 valence electrons. The highest BCUT2D eigenvalue weighted by atomic mass is 16.4. The van der Waals surface area contributed by atoms with Crippen molar-refractivity contribution in [3.8, 4) is 22.5 Å². The molecule has 0 aliphatic heterocycles. The summed E-state index contributed by atoms with van der Waals surface area (Å²) in [5.74, 6) is -0.136. The molecule has 1 saturated carbocycles. The monoisotopic (exact) mass is 453 g/mol. The van der Waals surface area contributed by atoms with E-state index in [0.29, 0.717) is 12.3 Å². The maximum atomic E-state index is 10.9. The number of unbranched alkanes of at least 4 members (excludes halogenated alkanes) is 2. The third-order valence-corrected chi connectivity index (χ3v) is 6.67. The Kier molecular flexibility index (Phi) is 6.18. The van der Waals surface area contributed by atoms with Gasteiger partial charge in [-0.15, -0.1) is 0 Å². The van der Waals surface area contributed by atoms with Gasteiger partial charge in [0.05, 0.1) is 11.4 Å². The van der Waals surface area contributed by atoms with Gasteiger partial charge in [-0.05, 0) is 51.5 Å². The van der Waals surface area contributed by atoms with E-state index in [0.717, 1.165) is 53.1 Å². The van der Waals surface area contributed by atoms with Gasteiger partial charge in [0.25, 0.3) is 0 Å². The summed E-state index contributed by atoms with van der Waals surface area (Å²) >= 11 is 0. The van der Waals surface area contributed by atoms with Gasteiger partial charge in [0, 0.05) is 29.8 Å². The standard InChI is InChI=1S/C29H31N3O2/c1-19-7-11-22(12-8-19)27-28(23-13-9-20(2)10-14-23)31-29-24(30-27)18-25(21-15-16-21)32(29)17-5-3-4-6-26(33)34/h7-14,18,21H,3-6,15-17H2,1-2H3,(H,33,34). The van der Waals surface area contributed by atoms with Crippen molar-refractivity contribution in [1.29, 1.82) is 0 Å². The molecule has 0 spiro atoms. The summed E-state index contributed by atoms with van der Waals surface area (Å²) in [6, 6.07) is 19.2. The Morgan fingerprint density at radius 2 is 1.47 bits per heavy atom. The van der Waals surface area contributed by atoms with Crippen molar-refractivity contribution in [2.75, 3.05) is 0 Å². The number of carboxylic acids is 1. The number of nitrogens with zero attached hydrogens (tertiary/aromatic N) is 3. The lowest BCUT2D eigenvalue weighted by Gasteiger charge is -2.13. The van der Waals surface area contributed by atoms with Gasteiger partial charge in [-0.25, -0.2) is 9.97 Å². The molecular weight excluding hydrogens is 422 g/mol. The highest BCUT2D eigenvalue weighted by molar-refractivity contribution is 5.86. The van der Waals surface area contributed by atoms with Crippen LogP contribution in [0.4, 0.5) is 0 Å². The summed E-state index contributed by atoms with van der Waals surface area (Å²) in [5.41, 5.74) is 9.61. The Hall–Kier alpha value is -3.47. The number of fused-ring (bicyclic) bond motifs is 1. The lowest BCUT2D eigenvalue weighted by Crippen LogP contribution is -2.05. The van der Waals surface area contributed by atoms with Crippen molar-refractivity contribution in [3.05, 3.63) is 71.4 Å². The van der Waals surface area contributed by atoms with Crippen molar-refractivity contribution in [2.45, 2.75) is 64.8 Å². The Balaban J connectivity index is 1.59. The normalized spacial score (nSPS) is 13.5. The second-order valence-corrected chi connectivity index (χ2v) is 9.56. The Morgan fingerprint density at radius 1 is 0.882 bits per heavy atom. The first-order valence-corrected chi connectivity index (χ1v) is 12.3. The van der Waals surface area contributed by atoms with Crippen LogP contribution in [0.15, 0.2) is 54.6 Å². The zero-order chi connectivity index (χ0) is 23.7. The predicted octanol–water partition coefficient (Wildman–Crippen LogP) is 6.90. The largest absolute Gasteiger partial charge is 0.481 e. The van der Waals surface area contributed by atoms with Crippen LogP contribution in [0.3, 0.4) is 0 Å². The molecule has 2 heterocycles. The summed E-state index contributed by atoms with van der Waals surface area (Å²) < 4.78 is 2.34. The van der Waals surface area contributed by atoms with Crippen molar-refractivity contribution in [3.63, 3.8) is 0 Å². The van der Waals surface area contributed by atoms with Crippen LogP contribution in [0.1, 0.15) is 61.3 Å². The number of carbonyl (C=O) groups is 1. The number of benzene rings is 2. The Labute approximate surface area is 200 Å². The molecule has 0 bridgehead atoms. The second-order valence-electron chi connectivity index (χ2n) is 9.56. The minimum atomic E-state index is -0.720. The number of hydrogen-bond acceptors (Lipinski definition) is 3. The topological polar surface area (TPSA) is 68.0 Å². The molecule has 0 amide bonds. The van der Waals surface area contributed by atoms with E-state index in [1.54, 1.807) is 0 Å². The quantitative estimate of drug-likeness (QED) is 0.280. The highest BCUT2D eigenvalue weighted by Gasteiger charge is 2.29. The van der Waals surface area contributed by atoms with Crippen molar-refractivity contribution >= 4 is 17.1 Å². The van der Waals surface area contributed by atoms with Gasteiger partial charge in [-0.3, -0.25) is 4.79 Å². The summed E-state index contributed by atoms with van der Waals surface area (Å²) in [5, 5.41) is 8.93. The zero-order valence-corrected chi connectivity index (χ0v) is 19.9. The summed E-state index contributed by atoms with van der Waals surface area (Å²) in [4.78, 5) is 21.3. The molecule has 1 aliphatic carbocycles. The van der Waals surface area contributed by atoms with Crippen LogP contribution in [-0.2, 0) is 11.3 Å². The number of aromatic nitrogens is 3. The molecule has 5 nitrogen and oxygen atoms in total.